The van der Waals surface area contributed by atoms with E-state index in [1.54, 1.807) is 59.4 Å². The van der Waals surface area contributed by atoms with Crippen molar-refractivity contribution in [2.75, 3.05) is 12.4 Å². The quantitative estimate of drug-likeness (QED) is 0.614. The molecule has 0 bridgehead atoms. The molecule has 1 aromatic carbocycles. The van der Waals surface area contributed by atoms with Gasteiger partial charge in [0.15, 0.2) is 18.9 Å². The van der Waals surface area contributed by atoms with Gasteiger partial charge in [-0.05, 0) is 28.8 Å². The highest BCUT2D eigenvalue weighted by Gasteiger charge is 2.13. The third kappa shape index (κ3) is 5.76. The fourth-order valence-corrected chi connectivity index (χ4v) is 2.87. The largest absolute Gasteiger partial charge is 0.390 e. The zero-order valence-corrected chi connectivity index (χ0v) is 13.8. The van der Waals surface area contributed by atoms with Crippen molar-refractivity contribution in [1.29, 1.82) is 0 Å². The molecule has 5 nitrogen and oxygen atoms in total. The molecule has 7 heteroatoms. The number of nitrogens with zero attached hydrogens (tertiary/aromatic N) is 1. The number of rotatable bonds is 6. The molecule has 0 aliphatic heterocycles. The monoisotopic (exact) mass is 354 g/mol. The van der Waals surface area contributed by atoms with Crippen LogP contribution in [0, 0.1) is 0 Å². The molecule has 0 saturated heterocycles. The molecule has 0 aliphatic carbocycles. The number of aromatic nitrogens is 1. The van der Waals surface area contributed by atoms with Crippen LogP contribution in [0.3, 0.4) is 0 Å². The van der Waals surface area contributed by atoms with E-state index in [9.17, 15) is 13.0 Å². The van der Waals surface area contributed by atoms with E-state index in [1.807, 2.05) is 0 Å². The second-order valence-corrected chi connectivity index (χ2v) is 6.88. The van der Waals surface area contributed by atoms with Gasteiger partial charge in [0.2, 0.25) is 0 Å². The Kier molecular flexibility index (Phi) is 5.90. The predicted molar refractivity (Wildman–Crippen MR) is 89.5 cm³/mol. The molecular weight excluding hydrogens is 338 g/mol. The van der Waals surface area contributed by atoms with Crippen molar-refractivity contribution in [2.45, 2.75) is 6.54 Å². The van der Waals surface area contributed by atoms with Crippen LogP contribution in [0.2, 0.25) is 5.02 Å². The highest BCUT2D eigenvalue weighted by molar-refractivity contribution is 7.86. The number of halogens is 1. The summed E-state index contributed by atoms with van der Waals surface area (Å²) in [6.45, 7) is 0.470. The molecule has 0 amide bonds. The van der Waals surface area contributed by atoms with Crippen molar-refractivity contribution < 1.29 is 22.6 Å². The van der Waals surface area contributed by atoms with Crippen LogP contribution in [0.1, 0.15) is 11.1 Å². The zero-order chi connectivity index (χ0) is 16.9. The van der Waals surface area contributed by atoms with E-state index in [4.69, 9.17) is 16.7 Å². The third-order valence-corrected chi connectivity index (χ3v) is 4.10. The zero-order valence-electron chi connectivity index (χ0n) is 12.3. The molecule has 0 aliphatic rings. The lowest BCUT2D eigenvalue weighted by Crippen LogP contribution is -2.34. The van der Waals surface area contributed by atoms with Gasteiger partial charge < -0.3 is 5.11 Å². The number of aliphatic hydroxyl groups excluding tert-OH is 1. The Morgan fingerprint density at radius 2 is 1.74 bits per heavy atom. The minimum absolute atomic E-state index is 0.0164. The first kappa shape index (κ1) is 17.6. The van der Waals surface area contributed by atoms with Gasteiger partial charge in [0.25, 0.3) is 10.1 Å². The summed E-state index contributed by atoms with van der Waals surface area (Å²) in [6.07, 6.45) is 5.17. The van der Waals surface area contributed by atoms with Gasteiger partial charge >= 0.3 is 0 Å². The fourth-order valence-electron chi connectivity index (χ4n) is 2.10. The molecule has 0 saturated carbocycles. The van der Waals surface area contributed by atoms with Crippen LogP contribution in [0.15, 0.2) is 48.8 Å². The van der Waals surface area contributed by atoms with Crippen LogP contribution in [0.4, 0.5) is 0 Å². The minimum atomic E-state index is -4.16. The molecule has 0 atom stereocenters. The molecule has 1 aromatic heterocycles. The average Bonchev–Trinajstić information content (AvgIpc) is 2.49. The highest BCUT2D eigenvalue weighted by Crippen LogP contribution is 2.20. The van der Waals surface area contributed by atoms with Gasteiger partial charge in [0.1, 0.15) is 12.4 Å². The molecule has 2 aromatic rings. The molecule has 0 radical (unpaired) electrons. The summed E-state index contributed by atoms with van der Waals surface area (Å²) in [5, 5.41) is 9.50. The average molecular weight is 355 g/mol. The highest BCUT2D eigenvalue weighted by atomic mass is 35.5. The van der Waals surface area contributed by atoms with E-state index < -0.39 is 15.9 Å². The van der Waals surface area contributed by atoms with Gasteiger partial charge in [-0.25, -0.2) is 4.57 Å². The van der Waals surface area contributed by atoms with Crippen LogP contribution in [-0.2, 0) is 16.7 Å². The van der Waals surface area contributed by atoms with E-state index in [1.165, 1.54) is 0 Å². The van der Waals surface area contributed by atoms with Crippen molar-refractivity contribution in [1.82, 2.24) is 0 Å². The Bertz CT molecular complexity index is 784. The van der Waals surface area contributed by atoms with Crippen LogP contribution in [-0.4, -0.2) is 30.4 Å². The Morgan fingerprint density at radius 3 is 2.26 bits per heavy atom. The maximum atomic E-state index is 11.3. The van der Waals surface area contributed by atoms with Crippen molar-refractivity contribution >= 4 is 33.4 Å². The third-order valence-electron chi connectivity index (χ3n) is 3.17. The first-order chi connectivity index (χ1) is 10.9. The molecular formula is C16H17ClNO4S+. The number of pyridine rings is 1. The van der Waals surface area contributed by atoms with Crippen LogP contribution >= 0.6 is 11.6 Å². The maximum absolute atomic E-state index is 11.3. The first-order valence-corrected chi connectivity index (χ1v) is 8.88. The van der Waals surface area contributed by atoms with Crippen LogP contribution < -0.4 is 4.57 Å². The van der Waals surface area contributed by atoms with Gasteiger partial charge in [0, 0.05) is 17.2 Å². The normalized spacial score (nSPS) is 12.4. The first-order valence-electron chi connectivity index (χ1n) is 6.89. The van der Waals surface area contributed by atoms with Crippen molar-refractivity contribution in [2.24, 2.45) is 0 Å². The van der Waals surface area contributed by atoms with Gasteiger partial charge in [-0.1, -0.05) is 29.8 Å². The summed E-state index contributed by atoms with van der Waals surface area (Å²) < 4.78 is 33.5. The smallest absolute Gasteiger partial charge is 0.269 e. The SMILES string of the molecule is O=S(=O)(O)CC(=Cc1ccc(Cl)cc1)c1cc[n+](CCO)cc1. The predicted octanol–water partition coefficient (Wildman–Crippen LogP) is 2.05. The maximum Gasteiger partial charge on any atom is 0.269 e. The number of aliphatic hydroxyl groups is 1. The standard InChI is InChI=1S/C16H16ClNO4S/c17-16-3-1-13(2-4-16)11-15(12-23(20,21)22)14-5-7-18(8-6-14)9-10-19/h1-8,11,19H,9-10,12H2/p+1. The summed E-state index contributed by atoms with van der Waals surface area (Å²) in [7, 11) is -4.16. The number of hydrogen-bond acceptors (Lipinski definition) is 3. The van der Waals surface area contributed by atoms with Crippen molar-refractivity contribution in [3.63, 3.8) is 0 Å². The lowest BCUT2D eigenvalue weighted by molar-refractivity contribution is -0.698. The fraction of sp³-hybridized carbons (Fsp3) is 0.188. The summed E-state index contributed by atoms with van der Waals surface area (Å²) >= 11 is 5.84. The molecule has 1 heterocycles. The summed E-state index contributed by atoms with van der Waals surface area (Å²) in [5.41, 5.74) is 1.91. The Morgan fingerprint density at radius 1 is 1.13 bits per heavy atom. The van der Waals surface area contributed by atoms with Gasteiger partial charge in [-0.3, -0.25) is 4.55 Å². The molecule has 0 unspecified atom stereocenters. The van der Waals surface area contributed by atoms with Crippen molar-refractivity contribution in [3.05, 3.63) is 64.9 Å². The van der Waals surface area contributed by atoms with E-state index in [2.05, 4.69) is 0 Å². The van der Waals surface area contributed by atoms with E-state index in [0.29, 0.717) is 22.7 Å². The van der Waals surface area contributed by atoms with E-state index in [0.717, 1.165) is 5.56 Å². The van der Waals surface area contributed by atoms with Gasteiger partial charge in [0.05, 0.1) is 0 Å². The van der Waals surface area contributed by atoms with Crippen LogP contribution in [0.5, 0.6) is 0 Å². The van der Waals surface area contributed by atoms with Crippen molar-refractivity contribution in [3.8, 4) is 0 Å². The molecule has 23 heavy (non-hydrogen) atoms. The Labute approximate surface area is 140 Å². The second kappa shape index (κ2) is 7.70. The number of hydrogen-bond donors (Lipinski definition) is 2. The van der Waals surface area contributed by atoms with Crippen LogP contribution in [0.25, 0.3) is 11.6 Å². The van der Waals surface area contributed by atoms with Gasteiger partial charge in [-0.15, -0.1) is 0 Å². The van der Waals surface area contributed by atoms with E-state index in [-0.39, 0.29) is 6.61 Å². The lowest BCUT2D eigenvalue weighted by atomic mass is 10.1. The Hall–Kier alpha value is -1.73. The summed E-state index contributed by atoms with van der Waals surface area (Å²) in [5.74, 6) is -0.486. The van der Waals surface area contributed by atoms with Gasteiger partial charge in [-0.2, -0.15) is 8.42 Å². The van der Waals surface area contributed by atoms with E-state index >= 15 is 0 Å². The summed E-state index contributed by atoms with van der Waals surface area (Å²) in [4.78, 5) is 0. The summed E-state index contributed by atoms with van der Waals surface area (Å²) in [6, 6.07) is 10.4. The molecule has 0 fully saturated rings. The molecule has 0 spiro atoms. The molecule has 122 valence electrons. The lowest BCUT2D eigenvalue weighted by Gasteiger charge is -2.06. The second-order valence-electron chi connectivity index (χ2n) is 5.00. The molecule has 2 rings (SSSR count). The minimum Gasteiger partial charge on any atom is -0.390 e. The Balaban J connectivity index is 2.39. The topological polar surface area (TPSA) is 78.5 Å². The number of benzene rings is 1. The molecule has 2 N–H and O–H groups in total.